The second-order valence-corrected chi connectivity index (χ2v) is 6.53. The third-order valence-electron chi connectivity index (χ3n) is 2.98. The molecule has 0 saturated carbocycles. The van der Waals surface area contributed by atoms with Gasteiger partial charge in [-0.25, -0.2) is 8.42 Å². The number of sulfonamides is 1. The van der Waals surface area contributed by atoms with Gasteiger partial charge in [0.15, 0.2) is 0 Å². The molecule has 18 heavy (non-hydrogen) atoms. The lowest BCUT2D eigenvalue weighted by atomic mass is 10.2. The first-order chi connectivity index (χ1) is 8.53. The van der Waals surface area contributed by atoms with Gasteiger partial charge in [0.05, 0.1) is 0 Å². The summed E-state index contributed by atoms with van der Waals surface area (Å²) in [6.07, 6.45) is 0.813. The Morgan fingerprint density at radius 1 is 1.56 bits per heavy atom. The highest BCUT2D eigenvalue weighted by Gasteiger charge is 2.33. The molecule has 1 N–H and O–H groups in total. The van der Waals surface area contributed by atoms with Gasteiger partial charge in [-0.2, -0.15) is 4.31 Å². The highest BCUT2D eigenvalue weighted by Crippen LogP contribution is 2.16. The Balaban J connectivity index is 2.11. The zero-order valence-electron chi connectivity index (χ0n) is 10.7. The molecule has 0 bridgehead atoms. The molecule has 0 spiro atoms. The van der Waals surface area contributed by atoms with Crippen LogP contribution in [0.15, 0.2) is 10.6 Å². The molecule has 1 aliphatic heterocycles. The summed E-state index contributed by atoms with van der Waals surface area (Å²) in [5.74, 6) is 0.549. The van der Waals surface area contributed by atoms with Gasteiger partial charge in [0, 0.05) is 31.7 Å². The number of nitrogens with zero attached hydrogens (tertiary/aromatic N) is 2. The topological polar surface area (TPSA) is 75.4 Å². The Kier molecular flexibility index (Phi) is 4.04. The molecule has 7 heteroatoms. The summed E-state index contributed by atoms with van der Waals surface area (Å²) in [6.45, 7) is 5.76. The first-order valence-electron chi connectivity index (χ1n) is 6.15. The number of nitrogens with one attached hydrogen (secondary N) is 1. The van der Waals surface area contributed by atoms with Crippen LogP contribution in [0.25, 0.3) is 0 Å². The van der Waals surface area contributed by atoms with Gasteiger partial charge in [-0.3, -0.25) is 0 Å². The molecule has 2 rings (SSSR count). The van der Waals surface area contributed by atoms with Crippen molar-refractivity contribution < 1.29 is 12.9 Å². The lowest BCUT2D eigenvalue weighted by Crippen LogP contribution is -2.59. The second-order valence-electron chi connectivity index (χ2n) is 4.61. The molecule has 1 aliphatic rings. The van der Waals surface area contributed by atoms with Crippen molar-refractivity contribution in [1.29, 1.82) is 0 Å². The fourth-order valence-electron chi connectivity index (χ4n) is 2.00. The summed E-state index contributed by atoms with van der Waals surface area (Å²) in [4.78, 5) is 0. The molecule has 6 nitrogen and oxygen atoms in total. The highest BCUT2D eigenvalue weighted by molar-refractivity contribution is 7.88. The molecule has 1 aromatic heterocycles. The maximum absolute atomic E-state index is 12.4. The number of aromatic nitrogens is 1. The molecule has 1 aromatic rings. The Bertz CT molecular complexity index is 493. The maximum atomic E-state index is 12.4. The summed E-state index contributed by atoms with van der Waals surface area (Å²) in [5.41, 5.74) is 0.473. The van der Waals surface area contributed by atoms with E-state index in [0.29, 0.717) is 18.0 Å². The smallest absolute Gasteiger partial charge is 0.220 e. The molecule has 1 fully saturated rings. The van der Waals surface area contributed by atoms with Crippen molar-refractivity contribution in [3.8, 4) is 0 Å². The molecule has 0 radical (unpaired) electrons. The SMILES string of the molecule is CCCN(C1CNC1)S(=O)(=O)Cc1cc(C)on1. The van der Waals surface area contributed by atoms with Crippen molar-refractivity contribution >= 4 is 10.0 Å². The number of aryl methyl sites for hydroxylation is 1. The van der Waals surface area contributed by atoms with Gasteiger partial charge < -0.3 is 9.84 Å². The van der Waals surface area contributed by atoms with E-state index in [0.717, 1.165) is 19.5 Å². The fraction of sp³-hybridized carbons (Fsp3) is 0.727. The van der Waals surface area contributed by atoms with Gasteiger partial charge in [-0.15, -0.1) is 0 Å². The highest BCUT2D eigenvalue weighted by atomic mass is 32.2. The summed E-state index contributed by atoms with van der Waals surface area (Å²) in [7, 11) is -3.31. The van der Waals surface area contributed by atoms with E-state index in [-0.39, 0.29) is 11.8 Å². The van der Waals surface area contributed by atoms with Gasteiger partial charge >= 0.3 is 0 Å². The standard InChI is InChI=1S/C11H19N3O3S/c1-3-4-14(11-6-12-7-11)18(15,16)8-10-5-9(2)17-13-10/h5,11-12H,3-4,6-8H2,1-2H3. The van der Waals surface area contributed by atoms with Gasteiger partial charge in [0.25, 0.3) is 0 Å². The van der Waals surface area contributed by atoms with E-state index in [1.165, 1.54) is 0 Å². The minimum Gasteiger partial charge on any atom is -0.361 e. The predicted octanol–water partition coefficient (Wildman–Crippen LogP) is 0.497. The maximum Gasteiger partial charge on any atom is 0.220 e. The van der Waals surface area contributed by atoms with Crippen LogP contribution in [0.2, 0.25) is 0 Å². The van der Waals surface area contributed by atoms with Crippen molar-refractivity contribution in [2.24, 2.45) is 0 Å². The third-order valence-corrected chi connectivity index (χ3v) is 4.83. The van der Waals surface area contributed by atoms with Crippen molar-refractivity contribution in [2.45, 2.75) is 32.1 Å². The second kappa shape index (κ2) is 5.38. The zero-order chi connectivity index (χ0) is 13.2. The predicted molar refractivity (Wildman–Crippen MR) is 67.5 cm³/mol. The molecule has 0 aromatic carbocycles. The van der Waals surface area contributed by atoms with Gasteiger partial charge in [-0.1, -0.05) is 12.1 Å². The number of hydrogen-bond donors (Lipinski definition) is 1. The van der Waals surface area contributed by atoms with Crippen LogP contribution in [0.1, 0.15) is 24.8 Å². The zero-order valence-corrected chi connectivity index (χ0v) is 11.5. The summed E-state index contributed by atoms with van der Waals surface area (Å²) >= 11 is 0. The summed E-state index contributed by atoms with van der Waals surface area (Å²) in [6, 6.07) is 1.75. The Hall–Kier alpha value is -0.920. The molecule has 2 heterocycles. The number of hydrogen-bond acceptors (Lipinski definition) is 5. The van der Waals surface area contributed by atoms with Crippen LogP contribution in [-0.2, 0) is 15.8 Å². The molecule has 102 valence electrons. The van der Waals surface area contributed by atoms with E-state index in [9.17, 15) is 8.42 Å². The van der Waals surface area contributed by atoms with Crippen LogP contribution in [0.5, 0.6) is 0 Å². The quantitative estimate of drug-likeness (QED) is 0.816. The molecular formula is C11H19N3O3S. The number of rotatable bonds is 6. The van der Waals surface area contributed by atoms with Crippen molar-refractivity contribution in [1.82, 2.24) is 14.8 Å². The monoisotopic (exact) mass is 273 g/mol. The molecular weight excluding hydrogens is 254 g/mol. The van der Waals surface area contributed by atoms with Gasteiger partial charge in [0.2, 0.25) is 10.0 Å². The van der Waals surface area contributed by atoms with Gasteiger partial charge in [-0.05, 0) is 13.3 Å². The average molecular weight is 273 g/mol. The summed E-state index contributed by atoms with van der Waals surface area (Å²) < 4.78 is 31.2. The molecule has 0 unspecified atom stereocenters. The van der Waals surface area contributed by atoms with E-state index in [2.05, 4.69) is 10.5 Å². The van der Waals surface area contributed by atoms with Gasteiger partial charge in [0.1, 0.15) is 17.2 Å². The van der Waals surface area contributed by atoms with Crippen LogP contribution >= 0.6 is 0 Å². The summed E-state index contributed by atoms with van der Waals surface area (Å²) in [5, 5.41) is 6.85. The van der Waals surface area contributed by atoms with Crippen molar-refractivity contribution in [3.05, 3.63) is 17.5 Å². The van der Waals surface area contributed by atoms with Crippen LogP contribution < -0.4 is 5.32 Å². The van der Waals surface area contributed by atoms with Crippen LogP contribution in [0, 0.1) is 6.92 Å². The normalized spacial score (nSPS) is 17.1. The van der Waals surface area contributed by atoms with Crippen LogP contribution in [-0.4, -0.2) is 43.6 Å². The molecule has 0 atom stereocenters. The fourth-order valence-corrected chi connectivity index (χ4v) is 3.74. The minimum absolute atomic E-state index is 0.0825. The van der Waals surface area contributed by atoms with E-state index in [4.69, 9.17) is 4.52 Å². The first kappa shape index (κ1) is 13.5. The van der Waals surface area contributed by atoms with Crippen molar-refractivity contribution in [2.75, 3.05) is 19.6 Å². The Morgan fingerprint density at radius 2 is 2.28 bits per heavy atom. The molecule has 0 aliphatic carbocycles. The van der Waals surface area contributed by atoms with Crippen molar-refractivity contribution in [3.63, 3.8) is 0 Å². The lowest BCUT2D eigenvalue weighted by Gasteiger charge is -2.37. The van der Waals surface area contributed by atoms with E-state index < -0.39 is 10.0 Å². The first-order valence-corrected chi connectivity index (χ1v) is 7.76. The Labute approximate surface area is 107 Å². The van der Waals surface area contributed by atoms with Crippen LogP contribution in [0.3, 0.4) is 0 Å². The molecule has 0 amide bonds. The lowest BCUT2D eigenvalue weighted by molar-refractivity contribution is 0.241. The molecule has 1 saturated heterocycles. The van der Waals surface area contributed by atoms with E-state index >= 15 is 0 Å². The largest absolute Gasteiger partial charge is 0.361 e. The average Bonchev–Trinajstić information content (AvgIpc) is 2.60. The van der Waals surface area contributed by atoms with E-state index in [1.54, 1.807) is 17.3 Å². The minimum atomic E-state index is -3.31. The van der Waals surface area contributed by atoms with Crippen LogP contribution in [0.4, 0.5) is 0 Å². The van der Waals surface area contributed by atoms with E-state index in [1.807, 2.05) is 6.92 Å². The Morgan fingerprint density at radius 3 is 2.72 bits per heavy atom. The third kappa shape index (κ3) is 2.90.